The molecule has 2 aliphatic heterocycles. The summed E-state index contributed by atoms with van der Waals surface area (Å²) < 4.78 is 11.5. The number of ether oxygens (including phenoxy) is 1. The fourth-order valence-electron chi connectivity index (χ4n) is 3.05. The summed E-state index contributed by atoms with van der Waals surface area (Å²) in [5.41, 5.74) is 0.613. The average Bonchev–Trinajstić information content (AvgIpc) is 2.76. The zero-order valence-corrected chi connectivity index (χ0v) is 16.3. The number of fused-ring (bicyclic) bond motifs is 1. The summed E-state index contributed by atoms with van der Waals surface area (Å²) in [6, 6.07) is -0.179. The Labute approximate surface area is 140 Å². The van der Waals surface area contributed by atoms with Crippen LogP contribution >= 0.6 is 0 Å². The summed E-state index contributed by atoms with van der Waals surface area (Å²) in [5, 5.41) is 0.0865. The molecule has 0 aromatic carbocycles. The van der Waals surface area contributed by atoms with Gasteiger partial charge in [0.25, 0.3) is 0 Å². The van der Waals surface area contributed by atoms with Crippen molar-refractivity contribution in [3.8, 4) is 0 Å². The minimum atomic E-state index is -1.96. The van der Waals surface area contributed by atoms with Gasteiger partial charge in [-0.05, 0) is 32.0 Å². The molecule has 3 atom stereocenters. The molecule has 23 heavy (non-hydrogen) atoms. The monoisotopic (exact) mass is 339 g/mol. The van der Waals surface area contributed by atoms with E-state index in [0.717, 1.165) is 0 Å². The van der Waals surface area contributed by atoms with E-state index in [4.69, 9.17) is 9.16 Å². The Morgan fingerprint density at radius 2 is 2.04 bits per heavy atom. The fraction of sp³-hybridized carbons (Fsp3) is 0.765. The third-order valence-corrected chi connectivity index (χ3v) is 9.95. The summed E-state index contributed by atoms with van der Waals surface area (Å²) in [7, 11) is -1.96. The number of carbonyl (C=O) groups is 2. The maximum Gasteiger partial charge on any atom is 0.335 e. The van der Waals surface area contributed by atoms with Crippen LogP contribution in [0, 0.1) is 5.92 Å². The Morgan fingerprint density at radius 3 is 2.57 bits per heavy atom. The second-order valence-corrected chi connectivity index (χ2v) is 12.7. The van der Waals surface area contributed by atoms with E-state index < -0.39 is 8.32 Å². The standard InChI is InChI=1S/C17H29NO4Si/c1-8-21-16(20)12-9-10-18-14(12)13(15(18)19)11(2)22-23(6,7)17(3,4)5/h9,11,13-14H,8,10H2,1-7H3/t11-,13-,14-/m1/s1. The van der Waals surface area contributed by atoms with Crippen molar-refractivity contribution in [2.45, 2.75) is 64.9 Å². The zero-order valence-electron chi connectivity index (χ0n) is 15.3. The Kier molecular flexibility index (Phi) is 4.79. The fourth-order valence-corrected chi connectivity index (χ4v) is 4.48. The second kappa shape index (κ2) is 6.05. The summed E-state index contributed by atoms with van der Waals surface area (Å²) in [6.45, 7) is 15.5. The van der Waals surface area contributed by atoms with Crippen LogP contribution in [0.2, 0.25) is 18.1 Å². The number of esters is 1. The highest BCUT2D eigenvalue weighted by molar-refractivity contribution is 6.74. The normalized spacial score (nSPS) is 25.6. The number of hydrogen-bond acceptors (Lipinski definition) is 4. The lowest BCUT2D eigenvalue weighted by atomic mass is 9.81. The van der Waals surface area contributed by atoms with Gasteiger partial charge in [-0.25, -0.2) is 4.79 Å². The summed E-state index contributed by atoms with van der Waals surface area (Å²) in [4.78, 5) is 26.3. The van der Waals surface area contributed by atoms with E-state index in [1.54, 1.807) is 11.8 Å². The van der Waals surface area contributed by atoms with Gasteiger partial charge in [0.1, 0.15) is 0 Å². The lowest BCUT2D eigenvalue weighted by molar-refractivity contribution is -0.158. The molecule has 1 fully saturated rings. The molecule has 0 radical (unpaired) electrons. The predicted molar refractivity (Wildman–Crippen MR) is 91.5 cm³/mol. The van der Waals surface area contributed by atoms with Crippen LogP contribution in [0.5, 0.6) is 0 Å². The predicted octanol–water partition coefficient (Wildman–Crippen LogP) is 2.73. The van der Waals surface area contributed by atoms with Crippen LogP contribution in [0.25, 0.3) is 0 Å². The molecule has 2 aliphatic rings. The van der Waals surface area contributed by atoms with Gasteiger partial charge in [0, 0.05) is 6.54 Å². The van der Waals surface area contributed by atoms with Gasteiger partial charge in [0.05, 0.1) is 30.2 Å². The molecule has 130 valence electrons. The molecule has 0 unspecified atom stereocenters. The van der Waals surface area contributed by atoms with Crippen molar-refractivity contribution in [1.82, 2.24) is 4.90 Å². The first-order chi connectivity index (χ1) is 10.5. The highest BCUT2D eigenvalue weighted by Gasteiger charge is 2.56. The van der Waals surface area contributed by atoms with E-state index >= 15 is 0 Å². The quantitative estimate of drug-likeness (QED) is 0.439. The second-order valence-electron chi connectivity index (χ2n) is 7.92. The topological polar surface area (TPSA) is 55.8 Å². The molecule has 0 bridgehead atoms. The smallest absolute Gasteiger partial charge is 0.335 e. The van der Waals surface area contributed by atoms with Crippen molar-refractivity contribution >= 4 is 20.2 Å². The van der Waals surface area contributed by atoms with Crippen molar-refractivity contribution in [2.24, 2.45) is 5.92 Å². The molecule has 0 N–H and O–H groups in total. The minimum absolute atomic E-state index is 0.0803. The van der Waals surface area contributed by atoms with Crippen molar-refractivity contribution < 1.29 is 18.8 Å². The Bertz CT molecular complexity index is 535. The molecule has 2 heterocycles. The maximum atomic E-state index is 12.4. The van der Waals surface area contributed by atoms with Crippen molar-refractivity contribution in [3.63, 3.8) is 0 Å². The summed E-state index contributed by atoms with van der Waals surface area (Å²) >= 11 is 0. The van der Waals surface area contributed by atoms with E-state index in [-0.39, 0.29) is 35.0 Å². The van der Waals surface area contributed by atoms with Crippen LogP contribution in [0.3, 0.4) is 0 Å². The van der Waals surface area contributed by atoms with Crippen molar-refractivity contribution in [1.29, 1.82) is 0 Å². The van der Waals surface area contributed by atoms with Gasteiger partial charge in [-0.2, -0.15) is 0 Å². The van der Waals surface area contributed by atoms with Gasteiger partial charge < -0.3 is 14.1 Å². The first kappa shape index (κ1) is 18.2. The molecule has 1 saturated heterocycles. The van der Waals surface area contributed by atoms with E-state index in [2.05, 4.69) is 33.9 Å². The first-order valence-electron chi connectivity index (χ1n) is 8.36. The van der Waals surface area contributed by atoms with Crippen LogP contribution < -0.4 is 0 Å². The lowest BCUT2D eigenvalue weighted by Crippen LogP contribution is -2.64. The number of hydrogen-bond donors (Lipinski definition) is 0. The van der Waals surface area contributed by atoms with Gasteiger partial charge in [-0.3, -0.25) is 4.79 Å². The minimum Gasteiger partial charge on any atom is -0.463 e. The summed E-state index contributed by atoms with van der Waals surface area (Å²) in [6.07, 6.45) is 1.63. The van der Waals surface area contributed by atoms with Gasteiger partial charge in [-0.15, -0.1) is 0 Å². The lowest BCUT2D eigenvalue weighted by Gasteiger charge is -2.49. The van der Waals surface area contributed by atoms with E-state index in [9.17, 15) is 9.59 Å². The van der Waals surface area contributed by atoms with Crippen LogP contribution in [-0.2, 0) is 18.8 Å². The molecule has 5 nitrogen and oxygen atoms in total. The van der Waals surface area contributed by atoms with E-state index in [1.807, 2.05) is 13.0 Å². The maximum absolute atomic E-state index is 12.4. The van der Waals surface area contributed by atoms with Crippen LogP contribution in [0.15, 0.2) is 11.6 Å². The third kappa shape index (κ3) is 3.11. The Hall–Kier alpha value is -1.14. The van der Waals surface area contributed by atoms with Crippen molar-refractivity contribution in [2.75, 3.05) is 13.2 Å². The SMILES string of the molecule is CCOC(=O)C1=CCN2C(=O)[C@H]([C@@H](C)O[Si](C)(C)C(C)(C)C)[C@@H]12. The van der Waals surface area contributed by atoms with Gasteiger partial charge in [0.2, 0.25) is 5.91 Å². The van der Waals surface area contributed by atoms with Gasteiger partial charge in [0.15, 0.2) is 8.32 Å². The molecule has 0 saturated carbocycles. The number of β-lactam (4-membered cyclic amide) rings is 1. The number of carbonyl (C=O) groups excluding carboxylic acids is 2. The molecule has 0 aromatic heterocycles. The molecule has 0 aromatic rings. The highest BCUT2D eigenvalue weighted by atomic mass is 28.4. The van der Waals surface area contributed by atoms with Crippen molar-refractivity contribution in [3.05, 3.63) is 11.6 Å². The number of nitrogens with zero attached hydrogens (tertiary/aromatic N) is 1. The Morgan fingerprint density at radius 1 is 1.43 bits per heavy atom. The highest BCUT2D eigenvalue weighted by Crippen LogP contribution is 2.43. The molecule has 6 heteroatoms. The summed E-state index contributed by atoms with van der Waals surface area (Å²) in [5.74, 6) is -0.504. The van der Waals surface area contributed by atoms with Crippen LogP contribution in [0.1, 0.15) is 34.6 Å². The van der Waals surface area contributed by atoms with E-state index in [1.165, 1.54) is 0 Å². The molecular formula is C17H29NO4Si. The molecule has 0 aliphatic carbocycles. The molecular weight excluding hydrogens is 310 g/mol. The van der Waals surface area contributed by atoms with Gasteiger partial charge >= 0.3 is 5.97 Å². The first-order valence-corrected chi connectivity index (χ1v) is 11.3. The third-order valence-electron chi connectivity index (χ3n) is 5.37. The van der Waals surface area contributed by atoms with Gasteiger partial charge in [-0.1, -0.05) is 26.8 Å². The molecule has 2 rings (SSSR count). The number of rotatable bonds is 5. The van der Waals surface area contributed by atoms with Crippen LogP contribution in [0.4, 0.5) is 0 Å². The molecule has 1 amide bonds. The zero-order chi connectivity index (χ0) is 17.6. The largest absolute Gasteiger partial charge is 0.463 e. The molecule has 0 spiro atoms. The van der Waals surface area contributed by atoms with Crippen LogP contribution in [-0.4, -0.2) is 50.4 Å². The Balaban J connectivity index is 2.12. The number of amides is 1. The van der Waals surface area contributed by atoms with E-state index in [0.29, 0.717) is 18.7 Å². The average molecular weight is 340 g/mol.